The molecule has 0 saturated heterocycles. The summed E-state index contributed by atoms with van der Waals surface area (Å²) in [4.78, 5) is 27.7. The van der Waals surface area contributed by atoms with E-state index in [1.165, 1.54) is 11.3 Å². The first kappa shape index (κ1) is 18.7. The van der Waals surface area contributed by atoms with Crippen LogP contribution in [0.25, 0.3) is 0 Å². The third-order valence-electron chi connectivity index (χ3n) is 5.16. The van der Waals surface area contributed by atoms with Crippen molar-refractivity contribution in [2.75, 3.05) is 0 Å². The van der Waals surface area contributed by atoms with Crippen molar-refractivity contribution >= 4 is 34.8 Å². The third kappa shape index (κ3) is 3.43. The van der Waals surface area contributed by atoms with Gasteiger partial charge in [0.2, 0.25) is 5.91 Å². The Bertz CT molecular complexity index is 1000. The highest BCUT2D eigenvalue weighted by Gasteiger charge is 2.39. The molecule has 0 aliphatic heterocycles. The monoisotopic (exact) mass is 410 g/mol. The van der Waals surface area contributed by atoms with Crippen LogP contribution in [0.5, 0.6) is 0 Å². The molecule has 3 aromatic rings. The zero-order chi connectivity index (χ0) is 19.7. The number of aryl methyl sites for hydroxylation is 1. The van der Waals surface area contributed by atoms with Crippen molar-refractivity contribution in [3.63, 3.8) is 0 Å². The number of carbonyl (C=O) groups excluding carboxylic acids is 2. The number of amides is 2. The minimum Gasteiger partial charge on any atom is -0.368 e. The number of primary amides is 1. The van der Waals surface area contributed by atoms with E-state index in [4.69, 9.17) is 17.3 Å². The van der Waals surface area contributed by atoms with Crippen LogP contribution in [-0.2, 0) is 11.2 Å². The van der Waals surface area contributed by atoms with E-state index < -0.39 is 11.9 Å². The van der Waals surface area contributed by atoms with Gasteiger partial charge in [0.25, 0.3) is 5.91 Å². The lowest BCUT2D eigenvalue weighted by Gasteiger charge is -2.35. The van der Waals surface area contributed by atoms with Gasteiger partial charge in [0.1, 0.15) is 6.04 Å². The summed E-state index contributed by atoms with van der Waals surface area (Å²) >= 11 is 7.69. The normalized spacial score (nSPS) is 16.4. The smallest absolute Gasteiger partial charge is 0.256 e. The molecule has 1 aliphatic carbocycles. The van der Waals surface area contributed by atoms with Crippen LogP contribution in [0.1, 0.15) is 45.6 Å². The summed E-state index contributed by atoms with van der Waals surface area (Å²) in [6, 6.07) is 15.6. The zero-order valence-electron chi connectivity index (χ0n) is 15.0. The summed E-state index contributed by atoms with van der Waals surface area (Å²) in [6.07, 6.45) is 1.55. The molecular formula is C22H19ClN2O2S. The molecule has 1 heterocycles. The molecule has 4 rings (SSSR count). The van der Waals surface area contributed by atoms with E-state index in [9.17, 15) is 9.59 Å². The Hall–Kier alpha value is -2.63. The Kier molecular flexibility index (Phi) is 5.20. The maximum absolute atomic E-state index is 13.5. The molecule has 2 atom stereocenters. The molecule has 0 fully saturated rings. The van der Waals surface area contributed by atoms with Gasteiger partial charge in [-0.05, 0) is 53.1 Å². The van der Waals surface area contributed by atoms with E-state index in [2.05, 4.69) is 0 Å². The second kappa shape index (κ2) is 7.78. The van der Waals surface area contributed by atoms with Gasteiger partial charge in [0, 0.05) is 10.4 Å². The van der Waals surface area contributed by atoms with E-state index in [1.54, 1.807) is 16.3 Å². The molecule has 6 heteroatoms. The summed E-state index contributed by atoms with van der Waals surface area (Å²) in [6.45, 7) is 0. The lowest BCUT2D eigenvalue weighted by atomic mass is 9.98. The minimum absolute atomic E-state index is 0.202. The number of carbonyl (C=O) groups is 2. The van der Waals surface area contributed by atoms with Crippen molar-refractivity contribution in [3.8, 4) is 0 Å². The Balaban J connectivity index is 1.85. The molecule has 1 aliphatic rings. The number of halogens is 1. The van der Waals surface area contributed by atoms with Crippen molar-refractivity contribution in [2.45, 2.75) is 24.9 Å². The topological polar surface area (TPSA) is 63.4 Å². The first-order chi connectivity index (χ1) is 13.6. The average Bonchev–Trinajstić information content (AvgIpc) is 3.36. The van der Waals surface area contributed by atoms with Crippen molar-refractivity contribution in [1.29, 1.82) is 0 Å². The van der Waals surface area contributed by atoms with Crippen LogP contribution in [0.2, 0.25) is 5.02 Å². The van der Waals surface area contributed by atoms with Crippen LogP contribution in [0.15, 0.2) is 65.4 Å². The number of nitrogens with zero attached hydrogens (tertiary/aromatic N) is 1. The highest BCUT2D eigenvalue weighted by Crippen LogP contribution is 2.42. The summed E-state index contributed by atoms with van der Waals surface area (Å²) in [7, 11) is 0. The maximum Gasteiger partial charge on any atom is 0.256 e. The lowest BCUT2D eigenvalue weighted by molar-refractivity contribution is -0.123. The van der Waals surface area contributed by atoms with Crippen LogP contribution >= 0.6 is 22.9 Å². The van der Waals surface area contributed by atoms with Gasteiger partial charge in [0.15, 0.2) is 0 Å². The van der Waals surface area contributed by atoms with Gasteiger partial charge in [-0.15, -0.1) is 0 Å². The highest BCUT2D eigenvalue weighted by molar-refractivity contribution is 7.08. The summed E-state index contributed by atoms with van der Waals surface area (Å²) in [5.41, 5.74) is 9.21. The van der Waals surface area contributed by atoms with Gasteiger partial charge in [-0.2, -0.15) is 11.3 Å². The molecule has 0 spiro atoms. The second-order valence-electron chi connectivity index (χ2n) is 6.84. The Labute approximate surface area is 172 Å². The molecule has 2 N–H and O–H groups in total. The first-order valence-electron chi connectivity index (χ1n) is 9.03. The van der Waals surface area contributed by atoms with Gasteiger partial charge in [-0.25, -0.2) is 0 Å². The first-order valence-corrected chi connectivity index (χ1v) is 10.4. The molecule has 28 heavy (non-hydrogen) atoms. The van der Waals surface area contributed by atoms with E-state index in [0.29, 0.717) is 16.1 Å². The summed E-state index contributed by atoms with van der Waals surface area (Å²) in [5.74, 6) is -0.753. The molecule has 142 valence electrons. The number of rotatable bonds is 5. The van der Waals surface area contributed by atoms with Crippen LogP contribution in [0.4, 0.5) is 0 Å². The largest absolute Gasteiger partial charge is 0.368 e. The fourth-order valence-corrected chi connectivity index (χ4v) is 4.72. The SMILES string of the molecule is NC(=O)[C@@H](c1ccccc1)N(C(=O)c1ccsc1)[C@@H]1CCc2ccc(Cl)cc21. The number of fused-ring (bicyclic) bond motifs is 1. The zero-order valence-corrected chi connectivity index (χ0v) is 16.6. The number of hydrogen-bond donors (Lipinski definition) is 1. The number of nitrogens with two attached hydrogens (primary N) is 1. The van der Waals surface area contributed by atoms with Crippen LogP contribution in [0, 0.1) is 0 Å². The summed E-state index contributed by atoms with van der Waals surface area (Å²) in [5, 5.41) is 4.27. The average molecular weight is 411 g/mol. The van der Waals surface area contributed by atoms with E-state index in [0.717, 1.165) is 24.0 Å². The maximum atomic E-state index is 13.5. The van der Waals surface area contributed by atoms with Gasteiger partial charge in [0.05, 0.1) is 11.6 Å². The molecular weight excluding hydrogens is 392 g/mol. The molecule has 0 unspecified atom stereocenters. The molecule has 1 aromatic heterocycles. The number of benzene rings is 2. The quantitative estimate of drug-likeness (QED) is 0.659. The van der Waals surface area contributed by atoms with Gasteiger partial charge in [-0.3, -0.25) is 9.59 Å². The Morgan fingerprint density at radius 2 is 1.93 bits per heavy atom. The van der Waals surface area contributed by atoms with E-state index in [1.807, 2.05) is 53.9 Å². The molecule has 0 radical (unpaired) electrons. The molecule has 2 aromatic carbocycles. The summed E-state index contributed by atoms with van der Waals surface area (Å²) < 4.78 is 0. The standard InChI is InChI=1S/C22H19ClN2O2S/c23-17-8-6-14-7-9-19(18(14)12-17)25(22(27)16-10-11-28-13-16)20(21(24)26)15-4-2-1-3-5-15/h1-6,8,10-13,19-20H,7,9H2,(H2,24,26)/t19-,20-/m1/s1. The van der Waals surface area contributed by atoms with Crippen LogP contribution in [0.3, 0.4) is 0 Å². The number of thiophene rings is 1. The van der Waals surface area contributed by atoms with Crippen LogP contribution < -0.4 is 5.73 Å². The molecule has 0 saturated carbocycles. The predicted octanol–water partition coefficient (Wildman–Crippen LogP) is 4.76. The van der Waals surface area contributed by atoms with Gasteiger partial charge >= 0.3 is 0 Å². The number of hydrogen-bond acceptors (Lipinski definition) is 3. The molecule has 0 bridgehead atoms. The van der Waals surface area contributed by atoms with Gasteiger partial charge < -0.3 is 10.6 Å². The van der Waals surface area contributed by atoms with Crippen molar-refractivity contribution in [2.24, 2.45) is 5.73 Å². The lowest BCUT2D eigenvalue weighted by Crippen LogP contribution is -2.43. The Morgan fingerprint density at radius 3 is 2.61 bits per heavy atom. The second-order valence-corrected chi connectivity index (χ2v) is 8.05. The molecule has 4 nitrogen and oxygen atoms in total. The third-order valence-corrected chi connectivity index (χ3v) is 6.07. The minimum atomic E-state index is -0.858. The van der Waals surface area contributed by atoms with E-state index >= 15 is 0 Å². The fraction of sp³-hybridized carbons (Fsp3) is 0.182. The van der Waals surface area contributed by atoms with Crippen molar-refractivity contribution in [1.82, 2.24) is 4.90 Å². The molecule has 2 amide bonds. The van der Waals surface area contributed by atoms with Crippen molar-refractivity contribution in [3.05, 3.63) is 92.6 Å². The highest BCUT2D eigenvalue weighted by atomic mass is 35.5. The van der Waals surface area contributed by atoms with E-state index in [-0.39, 0.29) is 11.9 Å². The van der Waals surface area contributed by atoms with Gasteiger partial charge in [-0.1, -0.05) is 48.0 Å². The predicted molar refractivity (Wildman–Crippen MR) is 111 cm³/mol. The van der Waals surface area contributed by atoms with Crippen molar-refractivity contribution < 1.29 is 9.59 Å². The van der Waals surface area contributed by atoms with Crippen LogP contribution in [-0.4, -0.2) is 16.7 Å². The fourth-order valence-electron chi connectivity index (χ4n) is 3.91. The Morgan fingerprint density at radius 1 is 1.14 bits per heavy atom.